The van der Waals surface area contributed by atoms with Crippen molar-refractivity contribution < 1.29 is 28.6 Å². The van der Waals surface area contributed by atoms with Crippen molar-refractivity contribution in [2.24, 2.45) is 0 Å². The Morgan fingerprint density at radius 2 is 1.63 bits per heavy atom. The molecule has 1 atom stereocenters. The van der Waals surface area contributed by atoms with Crippen molar-refractivity contribution in [2.45, 2.75) is 30.4 Å². The second kappa shape index (κ2) is 17.9. The molecule has 10 nitrogen and oxygen atoms in total. The number of hydrogen-bond donors (Lipinski definition) is 3. The Kier molecular flexibility index (Phi) is 12.9. The van der Waals surface area contributed by atoms with Gasteiger partial charge in [0.15, 0.2) is 16.6 Å². The van der Waals surface area contributed by atoms with Gasteiger partial charge < -0.3 is 30.2 Å². The summed E-state index contributed by atoms with van der Waals surface area (Å²) in [6.07, 6.45) is 2.13. The first kappa shape index (κ1) is 36.7. The van der Waals surface area contributed by atoms with E-state index in [1.54, 1.807) is 72.8 Å². The predicted molar refractivity (Wildman–Crippen MR) is 204 cm³/mol. The fraction of sp³-hybridized carbons (Fsp3) is 0.179. The van der Waals surface area contributed by atoms with Crippen molar-refractivity contribution in [1.29, 1.82) is 0 Å². The summed E-state index contributed by atoms with van der Waals surface area (Å²) < 4.78 is 16.3. The molecule has 0 aliphatic heterocycles. The molecule has 0 spiro atoms. The average molecular weight is 723 g/mol. The van der Waals surface area contributed by atoms with Crippen molar-refractivity contribution >= 4 is 57.7 Å². The minimum atomic E-state index is -0.534. The van der Waals surface area contributed by atoms with Crippen LogP contribution in [0.15, 0.2) is 113 Å². The van der Waals surface area contributed by atoms with E-state index in [4.69, 9.17) is 14.2 Å². The molecule has 5 rings (SSSR count). The Hall–Kier alpha value is -5.59. The fourth-order valence-corrected chi connectivity index (χ4v) is 6.66. The van der Waals surface area contributed by atoms with Gasteiger partial charge in [-0.05, 0) is 91.7 Å². The molecule has 0 saturated carbocycles. The summed E-state index contributed by atoms with van der Waals surface area (Å²) >= 11 is 2.74. The topological polar surface area (TPSA) is 128 Å². The van der Waals surface area contributed by atoms with E-state index in [0.717, 1.165) is 21.9 Å². The molecule has 0 aliphatic rings. The summed E-state index contributed by atoms with van der Waals surface area (Å²) in [5, 5.41) is 10.6. The van der Waals surface area contributed by atoms with Gasteiger partial charge in [-0.15, -0.1) is 23.1 Å². The molecule has 12 heteroatoms. The molecule has 0 bridgehead atoms. The Morgan fingerprint density at radius 1 is 0.863 bits per heavy atom. The number of rotatable bonds is 15. The largest absolute Gasteiger partial charge is 0.494 e. The molecule has 3 amide bonds. The van der Waals surface area contributed by atoms with Gasteiger partial charge in [-0.25, -0.2) is 4.98 Å². The van der Waals surface area contributed by atoms with E-state index in [9.17, 15) is 14.4 Å². The van der Waals surface area contributed by atoms with Crippen molar-refractivity contribution in [3.8, 4) is 28.5 Å². The highest BCUT2D eigenvalue weighted by atomic mass is 32.2. The molecule has 1 aromatic heterocycles. The van der Waals surface area contributed by atoms with Crippen LogP contribution >= 0.6 is 23.1 Å². The van der Waals surface area contributed by atoms with Gasteiger partial charge in [0.25, 0.3) is 11.8 Å². The normalized spacial score (nSPS) is 11.6. The van der Waals surface area contributed by atoms with Crippen molar-refractivity contribution in [3.05, 3.63) is 119 Å². The maximum absolute atomic E-state index is 13.7. The average Bonchev–Trinajstić information content (AvgIpc) is 3.62. The van der Waals surface area contributed by atoms with Crippen LogP contribution in [-0.4, -0.2) is 48.8 Å². The summed E-state index contributed by atoms with van der Waals surface area (Å²) in [6.45, 7) is 4.47. The molecule has 3 N–H and O–H groups in total. The quantitative estimate of drug-likeness (QED) is 0.0730. The first-order chi connectivity index (χ1) is 24.8. The minimum absolute atomic E-state index is 0.0213. The third-order valence-corrected chi connectivity index (χ3v) is 9.59. The Balaban J connectivity index is 1.28. The molecule has 4 aromatic carbocycles. The molecule has 1 heterocycles. The van der Waals surface area contributed by atoms with E-state index in [0.29, 0.717) is 46.5 Å². The Bertz CT molecular complexity index is 2000. The van der Waals surface area contributed by atoms with Gasteiger partial charge in [0, 0.05) is 27.1 Å². The molecule has 51 heavy (non-hydrogen) atoms. The number of hydrogen-bond acceptors (Lipinski definition) is 9. The van der Waals surface area contributed by atoms with Gasteiger partial charge in [-0.1, -0.05) is 37.3 Å². The van der Waals surface area contributed by atoms with E-state index in [1.165, 1.54) is 37.3 Å². The lowest BCUT2D eigenvalue weighted by atomic mass is 10.1. The molecular formula is C39H38N4O6S2. The highest BCUT2D eigenvalue weighted by Gasteiger charge is 2.21. The van der Waals surface area contributed by atoms with Crippen molar-refractivity contribution in [2.75, 3.05) is 31.5 Å². The van der Waals surface area contributed by atoms with Crippen LogP contribution in [0.25, 0.3) is 17.3 Å². The SMILES string of the molecule is CCOc1ccc(-c2csc(NC(=O)C(CC)Sc3cccc(NC(=O)/C(=C\c4ccc(OC)c(OC)c4)NC(=O)c4ccccc4)c3)n2)cc1. The molecule has 1 unspecified atom stereocenters. The Morgan fingerprint density at radius 3 is 2.33 bits per heavy atom. The zero-order valence-electron chi connectivity index (χ0n) is 28.6. The molecule has 0 fully saturated rings. The maximum atomic E-state index is 13.7. The van der Waals surface area contributed by atoms with Gasteiger partial charge in [-0.2, -0.15) is 0 Å². The second-order valence-electron chi connectivity index (χ2n) is 11.0. The third kappa shape index (κ3) is 9.99. The van der Waals surface area contributed by atoms with Crippen molar-refractivity contribution in [1.82, 2.24) is 10.3 Å². The van der Waals surface area contributed by atoms with E-state index in [1.807, 2.05) is 49.6 Å². The number of anilines is 2. The smallest absolute Gasteiger partial charge is 0.272 e. The van der Waals surface area contributed by atoms with Gasteiger partial charge in [0.1, 0.15) is 11.4 Å². The summed E-state index contributed by atoms with van der Waals surface area (Å²) in [6, 6.07) is 28.7. The van der Waals surface area contributed by atoms with Gasteiger partial charge in [-0.3, -0.25) is 14.4 Å². The fourth-order valence-electron chi connectivity index (χ4n) is 4.92. The number of aromatic nitrogens is 1. The zero-order valence-corrected chi connectivity index (χ0v) is 30.2. The first-order valence-electron chi connectivity index (χ1n) is 16.2. The molecule has 0 saturated heterocycles. The lowest BCUT2D eigenvalue weighted by Crippen LogP contribution is -2.30. The van der Waals surface area contributed by atoms with E-state index in [-0.39, 0.29) is 11.6 Å². The number of carbonyl (C=O) groups excluding carboxylic acids is 3. The molecule has 262 valence electrons. The zero-order chi connectivity index (χ0) is 36.2. The van der Waals surface area contributed by atoms with Crippen LogP contribution in [0.3, 0.4) is 0 Å². The maximum Gasteiger partial charge on any atom is 0.272 e. The second-order valence-corrected chi connectivity index (χ2v) is 13.1. The van der Waals surface area contributed by atoms with Crippen LogP contribution in [-0.2, 0) is 9.59 Å². The van der Waals surface area contributed by atoms with Gasteiger partial charge >= 0.3 is 0 Å². The van der Waals surface area contributed by atoms with E-state index in [2.05, 4.69) is 20.9 Å². The number of thioether (sulfide) groups is 1. The first-order valence-corrected chi connectivity index (χ1v) is 17.9. The number of ether oxygens (including phenoxy) is 3. The van der Waals surface area contributed by atoms with Crippen LogP contribution in [0.4, 0.5) is 10.8 Å². The number of nitrogens with one attached hydrogen (secondary N) is 3. The predicted octanol–water partition coefficient (Wildman–Crippen LogP) is 8.15. The lowest BCUT2D eigenvalue weighted by molar-refractivity contribution is -0.116. The van der Waals surface area contributed by atoms with Crippen LogP contribution in [0.2, 0.25) is 0 Å². The summed E-state index contributed by atoms with van der Waals surface area (Å²) in [4.78, 5) is 45.5. The number of amides is 3. The highest BCUT2D eigenvalue weighted by Crippen LogP contribution is 2.31. The van der Waals surface area contributed by atoms with Crippen molar-refractivity contribution in [3.63, 3.8) is 0 Å². The van der Waals surface area contributed by atoms with Gasteiger partial charge in [0.05, 0.1) is 31.8 Å². The van der Waals surface area contributed by atoms with Crippen LogP contribution in [0, 0.1) is 0 Å². The number of nitrogens with zero attached hydrogens (tertiary/aromatic N) is 1. The number of methoxy groups -OCH3 is 2. The van der Waals surface area contributed by atoms with Crippen LogP contribution < -0.4 is 30.2 Å². The van der Waals surface area contributed by atoms with E-state index < -0.39 is 17.1 Å². The minimum Gasteiger partial charge on any atom is -0.494 e. The summed E-state index contributed by atoms with van der Waals surface area (Å²) in [5.74, 6) is 0.648. The highest BCUT2D eigenvalue weighted by molar-refractivity contribution is 8.00. The van der Waals surface area contributed by atoms with Gasteiger partial charge in [0.2, 0.25) is 5.91 Å². The molecule has 5 aromatic rings. The summed E-state index contributed by atoms with van der Waals surface area (Å²) in [5.41, 5.74) is 3.22. The number of benzene rings is 4. The molecular weight excluding hydrogens is 685 g/mol. The van der Waals surface area contributed by atoms with E-state index >= 15 is 0 Å². The van der Waals surface area contributed by atoms with Crippen LogP contribution in [0.1, 0.15) is 36.2 Å². The Labute approximate surface area is 305 Å². The number of thiazole rings is 1. The molecule has 0 aliphatic carbocycles. The third-order valence-electron chi connectivity index (χ3n) is 7.48. The number of carbonyl (C=O) groups is 3. The van der Waals surface area contributed by atoms with Crippen LogP contribution in [0.5, 0.6) is 17.2 Å². The standard InChI is InChI=1S/C39H38N4O6S2/c1-5-35(38(46)43-39-42-32(24-50-39)26-16-18-29(19-17-26)49-6-2)51-30-14-10-13-28(23-30)40-37(45)31(41-36(44)27-11-8-7-9-12-27)21-25-15-20-33(47-3)34(22-25)48-4/h7-24,35H,5-6H2,1-4H3,(H,40,45)(H,41,44)(H,42,43,46)/b31-21+. The lowest BCUT2D eigenvalue weighted by Gasteiger charge is -2.15. The monoisotopic (exact) mass is 722 g/mol. The molecule has 0 radical (unpaired) electrons. The summed E-state index contributed by atoms with van der Waals surface area (Å²) in [7, 11) is 3.06.